The minimum absolute atomic E-state index is 0.0853. The average molecular weight is 707 g/mol. The van der Waals surface area contributed by atoms with E-state index in [-0.39, 0.29) is 30.1 Å². The first kappa shape index (κ1) is 35.9. The highest BCUT2D eigenvalue weighted by molar-refractivity contribution is 7.89. The predicted molar refractivity (Wildman–Crippen MR) is 199 cm³/mol. The fraction of sp³-hybridized carbons (Fsp3) is 0.310. The standard InChI is InChI=1S/C42H46N2O6S/c1-42(2,3)50-41(45)44(36-11-6-4-7-12-36)30-33-18-22-35(23-19-33)34-20-16-32(17-21-34)29-43(31-39-15-10-28-48-39)51(46,47)40-26-24-38(25-27-40)49-37-13-8-5-9-14-37/h5,8-10,13-28,36H,4,6-7,11-12,29-31H2,1-3H3. The molecule has 1 amide bonds. The summed E-state index contributed by atoms with van der Waals surface area (Å²) in [7, 11) is -3.89. The van der Waals surface area contributed by atoms with E-state index in [1.165, 1.54) is 10.7 Å². The molecular weight excluding hydrogens is 661 g/mol. The molecule has 4 aromatic carbocycles. The fourth-order valence-electron chi connectivity index (χ4n) is 6.32. The van der Waals surface area contributed by atoms with Crippen molar-refractivity contribution >= 4 is 16.1 Å². The van der Waals surface area contributed by atoms with Gasteiger partial charge in [-0.1, -0.05) is 86.0 Å². The van der Waals surface area contributed by atoms with E-state index in [0.29, 0.717) is 23.8 Å². The topological polar surface area (TPSA) is 89.3 Å². The Morgan fingerprint density at radius 1 is 0.706 bits per heavy atom. The number of amides is 1. The Balaban J connectivity index is 1.15. The molecule has 5 aromatic rings. The summed E-state index contributed by atoms with van der Waals surface area (Å²) in [6, 6.07) is 35.7. The van der Waals surface area contributed by atoms with Crippen LogP contribution in [0.4, 0.5) is 4.79 Å². The molecule has 0 bridgehead atoms. The van der Waals surface area contributed by atoms with Crippen LogP contribution in [-0.2, 0) is 34.4 Å². The second kappa shape index (κ2) is 16.0. The Hall–Kier alpha value is -4.86. The average Bonchev–Trinajstić information content (AvgIpc) is 3.65. The maximum atomic E-state index is 14.0. The van der Waals surface area contributed by atoms with Gasteiger partial charge >= 0.3 is 6.09 Å². The number of rotatable bonds is 12. The lowest BCUT2D eigenvalue weighted by Gasteiger charge is -2.35. The van der Waals surface area contributed by atoms with E-state index in [9.17, 15) is 13.2 Å². The molecule has 0 radical (unpaired) electrons. The number of sulfonamides is 1. The van der Waals surface area contributed by atoms with Gasteiger partial charge in [-0.05, 0) is 104 Å². The van der Waals surface area contributed by atoms with Crippen molar-refractivity contribution in [3.8, 4) is 22.6 Å². The minimum Gasteiger partial charge on any atom is -0.468 e. The zero-order valence-electron chi connectivity index (χ0n) is 29.5. The molecule has 0 unspecified atom stereocenters. The van der Waals surface area contributed by atoms with Gasteiger partial charge in [-0.25, -0.2) is 13.2 Å². The van der Waals surface area contributed by atoms with E-state index in [4.69, 9.17) is 13.9 Å². The summed E-state index contributed by atoms with van der Waals surface area (Å²) in [5.41, 5.74) is 3.38. The second-order valence-corrected chi connectivity index (χ2v) is 16.0. The third-order valence-electron chi connectivity index (χ3n) is 8.95. The summed E-state index contributed by atoms with van der Waals surface area (Å²) in [5, 5.41) is 0. The molecule has 1 aromatic heterocycles. The van der Waals surface area contributed by atoms with Crippen LogP contribution in [0.25, 0.3) is 11.1 Å². The number of hydrogen-bond acceptors (Lipinski definition) is 6. The fourth-order valence-corrected chi connectivity index (χ4v) is 7.71. The molecule has 1 fully saturated rings. The van der Waals surface area contributed by atoms with Gasteiger partial charge in [0, 0.05) is 19.1 Å². The number of para-hydroxylation sites is 1. The first-order valence-corrected chi connectivity index (χ1v) is 19.0. The van der Waals surface area contributed by atoms with Crippen LogP contribution in [0, 0.1) is 0 Å². The van der Waals surface area contributed by atoms with E-state index in [0.717, 1.165) is 47.9 Å². The second-order valence-electron chi connectivity index (χ2n) is 14.0. The van der Waals surface area contributed by atoms with Gasteiger partial charge in [0.15, 0.2) is 0 Å². The zero-order valence-corrected chi connectivity index (χ0v) is 30.3. The van der Waals surface area contributed by atoms with E-state index in [1.807, 2.05) is 80.3 Å². The lowest BCUT2D eigenvalue weighted by atomic mass is 9.94. The van der Waals surface area contributed by atoms with E-state index >= 15 is 0 Å². The molecule has 51 heavy (non-hydrogen) atoms. The van der Waals surface area contributed by atoms with Crippen LogP contribution in [0.15, 0.2) is 131 Å². The first-order chi connectivity index (χ1) is 24.5. The van der Waals surface area contributed by atoms with Crippen LogP contribution in [0.1, 0.15) is 69.8 Å². The molecule has 9 heteroatoms. The Labute approximate surface area is 301 Å². The molecule has 1 heterocycles. The van der Waals surface area contributed by atoms with Gasteiger partial charge in [0.2, 0.25) is 10.0 Å². The van der Waals surface area contributed by atoms with Gasteiger partial charge in [0.25, 0.3) is 0 Å². The van der Waals surface area contributed by atoms with Crippen molar-refractivity contribution in [3.05, 3.63) is 138 Å². The Morgan fingerprint density at radius 3 is 1.86 bits per heavy atom. The van der Waals surface area contributed by atoms with Gasteiger partial charge in [-0.15, -0.1) is 0 Å². The van der Waals surface area contributed by atoms with E-state index in [1.54, 1.807) is 42.7 Å². The lowest BCUT2D eigenvalue weighted by molar-refractivity contribution is 0.00988. The highest BCUT2D eigenvalue weighted by Crippen LogP contribution is 2.29. The molecular formula is C42H46N2O6S. The van der Waals surface area contributed by atoms with Crippen molar-refractivity contribution in [3.63, 3.8) is 0 Å². The summed E-state index contributed by atoms with van der Waals surface area (Å²) in [6.45, 7) is 6.46. The van der Waals surface area contributed by atoms with Gasteiger partial charge in [-0.2, -0.15) is 4.31 Å². The quantitative estimate of drug-likeness (QED) is 0.128. The molecule has 1 aliphatic carbocycles. The number of furan rings is 1. The van der Waals surface area contributed by atoms with Crippen LogP contribution in [0.3, 0.4) is 0 Å². The number of hydrogen-bond donors (Lipinski definition) is 0. The van der Waals surface area contributed by atoms with Gasteiger partial charge in [0.05, 0.1) is 17.7 Å². The van der Waals surface area contributed by atoms with Crippen LogP contribution in [0.5, 0.6) is 11.5 Å². The normalized spacial score (nSPS) is 14.0. The molecule has 1 saturated carbocycles. The van der Waals surface area contributed by atoms with Gasteiger partial charge < -0.3 is 18.8 Å². The highest BCUT2D eigenvalue weighted by Gasteiger charge is 2.30. The van der Waals surface area contributed by atoms with E-state index < -0.39 is 15.6 Å². The van der Waals surface area contributed by atoms with Crippen molar-refractivity contribution in [2.24, 2.45) is 0 Å². The smallest absolute Gasteiger partial charge is 0.410 e. The molecule has 8 nitrogen and oxygen atoms in total. The summed E-state index contributed by atoms with van der Waals surface area (Å²) < 4.78 is 46.5. The SMILES string of the molecule is CC(C)(C)OC(=O)N(Cc1ccc(-c2ccc(CN(Cc3ccco3)S(=O)(=O)c3ccc(Oc4ccccc4)cc3)cc2)cc1)C1CCCCC1. The molecule has 0 spiro atoms. The summed E-state index contributed by atoms with van der Waals surface area (Å²) in [4.78, 5) is 15.3. The Bertz CT molecular complexity index is 1950. The first-order valence-electron chi connectivity index (χ1n) is 17.6. The summed E-state index contributed by atoms with van der Waals surface area (Å²) >= 11 is 0. The van der Waals surface area contributed by atoms with Gasteiger partial charge in [-0.3, -0.25) is 0 Å². The van der Waals surface area contributed by atoms with Crippen LogP contribution < -0.4 is 4.74 Å². The van der Waals surface area contributed by atoms with Crippen molar-refractivity contribution < 1.29 is 27.1 Å². The molecule has 0 N–H and O–H groups in total. The van der Waals surface area contributed by atoms with Crippen molar-refractivity contribution in [2.75, 3.05) is 0 Å². The summed E-state index contributed by atoms with van der Waals surface area (Å²) in [6.07, 6.45) is 6.75. The highest BCUT2D eigenvalue weighted by atomic mass is 32.2. The van der Waals surface area contributed by atoms with E-state index in [2.05, 4.69) is 24.3 Å². The number of carbonyl (C=O) groups is 1. The largest absolute Gasteiger partial charge is 0.468 e. The molecule has 1 aliphatic rings. The third kappa shape index (κ3) is 9.68. The third-order valence-corrected chi connectivity index (χ3v) is 10.8. The van der Waals surface area contributed by atoms with Crippen LogP contribution in [-0.4, -0.2) is 35.4 Å². The van der Waals surface area contributed by atoms with Crippen molar-refractivity contribution in [1.82, 2.24) is 9.21 Å². The number of carbonyl (C=O) groups excluding carboxylic acids is 1. The van der Waals surface area contributed by atoms with Crippen molar-refractivity contribution in [1.29, 1.82) is 0 Å². The molecule has 6 rings (SSSR count). The zero-order chi connectivity index (χ0) is 35.8. The number of nitrogens with zero attached hydrogens (tertiary/aromatic N) is 2. The number of ether oxygens (including phenoxy) is 2. The molecule has 0 atom stereocenters. The lowest BCUT2D eigenvalue weighted by Crippen LogP contribution is -2.43. The minimum atomic E-state index is -3.89. The summed E-state index contributed by atoms with van der Waals surface area (Å²) in [5.74, 6) is 1.77. The molecule has 0 saturated heterocycles. The maximum Gasteiger partial charge on any atom is 0.410 e. The van der Waals surface area contributed by atoms with Crippen molar-refractivity contribution in [2.45, 2.75) is 89.0 Å². The predicted octanol–water partition coefficient (Wildman–Crippen LogP) is 10.2. The van der Waals surface area contributed by atoms with Gasteiger partial charge in [0.1, 0.15) is 22.9 Å². The molecule has 266 valence electrons. The maximum absolute atomic E-state index is 14.0. The van der Waals surface area contributed by atoms with Crippen LogP contribution >= 0.6 is 0 Å². The Kier molecular flexibility index (Phi) is 11.3. The van der Waals surface area contributed by atoms with Crippen LogP contribution in [0.2, 0.25) is 0 Å². The monoisotopic (exact) mass is 706 g/mol. The number of benzene rings is 4. The Morgan fingerprint density at radius 2 is 1.29 bits per heavy atom. The molecule has 0 aliphatic heterocycles.